The fourth-order valence-corrected chi connectivity index (χ4v) is 1.44. The van der Waals surface area contributed by atoms with Crippen molar-refractivity contribution < 1.29 is 9.32 Å². The minimum absolute atomic E-state index is 0.336. The average Bonchev–Trinajstić information content (AvgIpc) is 2.83. The van der Waals surface area contributed by atoms with Gasteiger partial charge in [-0.1, -0.05) is 35.5 Å². The van der Waals surface area contributed by atoms with Gasteiger partial charge in [-0.2, -0.15) is 0 Å². The molecular formula is C12H13N3O2. The molecule has 1 amide bonds. The SMILES string of the molecule is CC(N)(C(=O)Nc1ccon1)c1ccccc1. The van der Waals surface area contributed by atoms with Gasteiger partial charge in [0.25, 0.3) is 0 Å². The van der Waals surface area contributed by atoms with E-state index in [0.717, 1.165) is 5.56 Å². The zero-order valence-corrected chi connectivity index (χ0v) is 9.38. The number of hydrogen-bond donors (Lipinski definition) is 2. The van der Waals surface area contributed by atoms with Gasteiger partial charge in [0.2, 0.25) is 5.91 Å². The van der Waals surface area contributed by atoms with Crippen LogP contribution in [0.15, 0.2) is 47.2 Å². The smallest absolute Gasteiger partial charge is 0.250 e. The minimum Gasteiger partial charge on any atom is -0.363 e. The van der Waals surface area contributed by atoms with E-state index in [9.17, 15) is 4.79 Å². The standard InChI is InChI=1S/C12H13N3O2/c1-12(13,9-5-3-2-4-6-9)11(16)14-10-7-8-17-15-10/h2-8H,13H2,1H3,(H,14,15,16). The molecule has 0 saturated heterocycles. The summed E-state index contributed by atoms with van der Waals surface area (Å²) in [7, 11) is 0. The first-order valence-corrected chi connectivity index (χ1v) is 5.17. The van der Waals surface area contributed by atoms with E-state index >= 15 is 0 Å². The topological polar surface area (TPSA) is 81.2 Å². The lowest BCUT2D eigenvalue weighted by molar-refractivity contribution is -0.120. The van der Waals surface area contributed by atoms with Crippen LogP contribution >= 0.6 is 0 Å². The molecule has 1 aromatic heterocycles. The highest BCUT2D eigenvalue weighted by atomic mass is 16.5. The summed E-state index contributed by atoms with van der Waals surface area (Å²) in [6, 6.07) is 10.7. The van der Waals surface area contributed by atoms with Crippen molar-refractivity contribution in [3.05, 3.63) is 48.2 Å². The number of anilines is 1. The normalized spacial score (nSPS) is 14.0. The summed E-state index contributed by atoms with van der Waals surface area (Å²) in [5.74, 6) is 0.0141. The molecule has 0 aliphatic rings. The van der Waals surface area contributed by atoms with Gasteiger partial charge in [0, 0.05) is 6.07 Å². The fourth-order valence-electron chi connectivity index (χ4n) is 1.44. The van der Waals surface area contributed by atoms with Gasteiger partial charge in [0.15, 0.2) is 5.82 Å². The second-order valence-electron chi connectivity index (χ2n) is 3.91. The van der Waals surface area contributed by atoms with Crippen molar-refractivity contribution in [1.29, 1.82) is 0 Å². The highest BCUT2D eigenvalue weighted by Crippen LogP contribution is 2.19. The Bertz CT molecular complexity index is 492. The molecule has 2 rings (SSSR count). The van der Waals surface area contributed by atoms with Crippen molar-refractivity contribution in [3.63, 3.8) is 0 Å². The number of rotatable bonds is 3. The number of amides is 1. The Hall–Kier alpha value is -2.14. The van der Waals surface area contributed by atoms with Crippen LogP contribution in [0.2, 0.25) is 0 Å². The molecule has 88 valence electrons. The third kappa shape index (κ3) is 2.34. The third-order valence-corrected chi connectivity index (χ3v) is 2.52. The summed E-state index contributed by atoms with van der Waals surface area (Å²) in [5.41, 5.74) is 5.65. The number of carbonyl (C=O) groups excluding carboxylic acids is 1. The molecule has 0 aliphatic carbocycles. The monoisotopic (exact) mass is 231 g/mol. The summed E-state index contributed by atoms with van der Waals surface area (Å²) in [4.78, 5) is 12.0. The second kappa shape index (κ2) is 4.39. The van der Waals surface area contributed by atoms with Crippen molar-refractivity contribution in [3.8, 4) is 0 Å². The molecule has 17 heavy (non-hydrogen) atoms. The Labute approximate surface area is 98.6 Å². The number of aromatic nitrogens is 1. The number of benzene rings is 1. The molecule has 1 aromatic carbocycles. The molecule has 3 N–H and O–H groups in total. The van der Waals surface area contributed by atoms with Crippen molar-refractivity contribution in [2.75, 3.05) is 5.32 Å². The van der Waals surface area contributed by atoms with Crippen molar-refractivity contribution in [2.24, 2.45) is 5.73 Å². The van der Waals surface area contributed by atoms with Gasteiger partial charge in [0.05, 0.1) is 0 Å². The zero-order valence-electron chi connectivity index (χ0n) is 9.38. The van der Waals surface area contributed by atoms with Gasteiger partial charge < -0.3 is 15.6 Å². The third-order valence-electron chi connectivity index (χ3n) is 2.52. The average molecular weight is 231 g/mol. The molecule has 0 spiro atoms. The maximum absolute atomic E-state index is 12.0. The first-order chi connectivity index (χ1) is 8.10. The first kappa shape index (κ1) is 11.3. The Balaban J connectivity index is 2.18. The lowest BCUT2D eigenvalue weighted by Crippen LogP contribution is -2.45. The van der Waals surface area contributed by atoms with E-state index in [1.165, 1.54) is 6.26 Å². The summed E-state index contributed by atoms with van der Waals surface area (Å²) in [5, 5.41) is 6.19. The van der Waals surface area contributed by atoms with Crippen LogP contribution in [-0.4, -0.2) is 11.1 Å². The minimum atomic E-state index is -1.11. The molecule has 5 heteroatoms. The van der Waals surface area contributed by atoms with Crippen LogP contribution in [0.25, 0.3) is 0 Å². The Morgan fingerprint density at radius 1 is 1.35 bits per heavy atom. The highest BCUT2D eigenvalue weighted by molar-refractivity contribution is 5.97. The largest absolute Gasteiger partial charge is 0.363 e. The van der Waals surface area contributed by atoms with Crippen molar-refractivity contribution in [1.82, 2.24) is 5.16 Å². The Morgan fingerprint density at radius 2 is 2.06 bits per heavy atom. The van der Waals surface area contributed by atoms with Gasteiger partial charge in [-0.25, -0.2) is 0 Å². The Kier molecular flexibility index (Phi) is 2.93. The van der Waals surface area contributed by atoms with Gasteiger partial charge in [-0.15, -0.1) is 0 Å². The zero-order chi connectivity index (χ0) is 12.3. The van der Waals surface area contributed by atoms with Crippen LogP contribution < -0.4 is 11.1 Å². The van der Waals surface area contributed by atoms with E-state index in [1.807, 2.05) is 30.3 Å². The number of hydrogen-bond acceptors (Lipinski definition) is 4. The number of nitrogens with one attached hydrogen (secondary N) is 1. The number of carbonyl (C=O) groups is 1. The van der Waals surface area contributed by atoms with Gasteiger partial charge in [-0.05, 0) is 12.5 Å². The van der Waals surface area contributed by atoms with Crippen molar-refractivity contribution >= 4 is 11.7 Å². The van der Waals surface area contributed by atoms with Crippen LogP contribution in [0.1, 0.15) is 12.5 Å². The second-order valence-corrected chi connectivity index (χ2v) is 3.91. The van der Waals surface area contributed by atoms with Crippen LogP contribution in [-0.2, 0) is 10.3 Å². The first-order valence-electron chi connectivity index (χ1n) is 5.17. The predicted molar refractivity (Wildman–Crippen MR) is 63.1 cm³/mol. The van der Waals surface area contributed by atoms with E-state index in [0.29, 0.717) is 5.82 Å². The predicted octanol–water partition coefficient (Wildman–Crippen LogP) is 1.49. The summed E-state index contributed by atoms with van der Waals surface area (Å²) >= 11 is 0. The molecular weight excluding hydrogens is 218 g/mol. The number of nitrogens with two attached hydrogens (primary N) is 1. The molecule has 0 fully saturated rings. The van der Waals surface area contributed by atoms with E-state index in [2.05, 4.69) is 15.0 Å². The molecule has 0 radical (unpaired) electrons. The van der Waals surface area contributed by atoms with Crippen LogP contribution in [0, 0.1) is 0 Å². The van der Waals surface area contributed by atoms with Gasteiger partial charge in [0.1, 0.15) is 11.8 Å². The highest BCUT2D eigenvalue weighted by Gasteiger charge is 2.30. The maximum Gasteiger partial charge on any atom is 0.250 e. The fraction of sp³-hybridized carbons (Fsp3) is 0.167. The van der Waals surface area contributed by atoms with Crippen LogP contribution in [0.3, 0.4) is 0 Å². The van der Waals surface area contributed by atoms with E-state index < -0.39 is 5.54 Å². The summed E-state index contributed by atoms with van der Waals surface area (Å²) < 4.78 is 4.63. The molecule has 1 unspecified atom stereocenters. The molecule has 0 bridgehead atoms. The van der Waals surface area contributed by atoms with Crippen LogP contribution in [0.4, 0.5) is 5.82 Å². The van der Waals surface area contributed by atoms with E-state index in [1.54, 1.807) is 13.0 Å². The molecule has 1 atom stereocenters. The lowest BCUT2D eigenvalue weighted by Gasteiger charge is -2.23. The maximum atomic E-state index is 12.0. The number of nitrogens with zero attached hydrogens (tertiary/aromatic N) is 1. The molecule has 5 nitrogen and oxygen atoms in total. The lowest BCUT2D eigenvalue weighted by atomic mass is 9.92. The summed E-state index contributed by atoms with van der Waals surface area (Å²) in [6.07, 6.45) is 1.38. The van der Waals surface area contributed by atoms with Gasteiger partial charge in [-0.3, -0.25) is 4.79 Å². The molecule has 0 saturated carbocycles. The molecule has 0 aliphatic heterocycles. The quantitative estimate of drug-likeness (QED) is 0.838. The summed E-state index contributed by atoms with van der Waals surface area (Å²) in [6.45, 7) is 1.65. The molecule has 2 aromatic rings. The van der Waals surface area contributed by atoms with E-state index in [4.69, 9.17) is 5.73 Å². The van der Waals surface area contributed by atoms with Crippen LogP contribution in [0.5, 0.6) is 0 Å². The Morgan fingerprint density at radius 3 is 2.65 bits per heavy atom. The van der Waals surface area contributed by atoms with E-state index in [-0.39, 0.29) is 5.91 Å². The van der Waals surface area contributed by atoms with Crippen molar-refractivity contribution in [2.45, 2.75) is 12.5 Å². The molecule has 1 heterocycles. The van der Waals surface area contributed by atoms with Gasteiger partial charge >= 0.3 is 0 Å².